The third kappa shape index (κ3) is 6.43. The summed E-state index contributed by atoms with van der Waals surface area (Å²) < 4.78 is 67.7. The fourth-order valence-electron chi connectivity index (χ4n) is 13.0. The third-order valence-corrected chi connectivity index (χ3v) is 16.5. The van der Waals surface area contributed by atoms with Crippen molar-refractivity contribution in [1.82, 2.24) is 0 Å². The lowest BCUT2D eigenvalue weighted by Crippen LogP contribution is -2.68. The Labute approximate surface area is 340 Å². The van der Waals surface area contributed by atoms with Gasteiger partial charge in [-0.3, -0.25) is 9.35 Å². The molecule has 0 bridgehead atoms. The smallest absolute Gasteiger partial charge is 0.397 e. The molecule has 16 nitrogen and oxygen atoms in total. The van der Waals surface area contributed by atoms with Gasteiger partial charge in [0.25, 0.3) is 0 Å². The molecule has 0 radical (unpaired) electrons. The van der Waals surface area contributed by atoms with Crippen LogP contribution in [0.3, 0.4) is 0 Å². The maximum atomic E-state index is 14.3. The molecule has 58 heavy (non-hydrogen) atoms. The zero-order chi connectivity index (χ0) is 42.8. The minimum atomic E-state index is -5.04. The Morgan fingerprint density at radius 1 is 0.914 bits per heavy atom. The highest BCUT2D eigenvalue weighted by Gasteiger charge is 2.85. The number of carbonyl (C=O) groups excluding carboxylic acids is 1. The molecule has 0 aromatic heterocycles. The second-order valence-electron chi connectivity index (χ2n) is 19.7. The highest BCUT2D eigenvalue weighted by molar-refractivity contribution is 7.80. The van der Waals surface area contributed by atoms with Gasteiger partial charge in [0.1, 0.15) is 53.2 Å². The fraction of sp³-hybridized carbons (Fsp3) is 0.878. The van der Waals surface area contributed by atoms with Crippen LogP contribution in [0.15, 0.2) is 23.3 Å². The number of aliphatic hydroxyl groups excluding tert-OH is 5. The molecule has 3 saturated heterocycles. The lowest BCUT2D eigenvalue weighted by molar-refractivity contribution is -0.362. The van der Waals surface area contributed by atoms with Crippen molar-refractivity contribution in [2.24, 2.45) is 33.5 Å². The number of allylic oxidation sites excluding steroid dienone is 3. The predicted octanol–water partition coefficient (Wildman–Crippen LogP) is 2.22. The molecule has 3 heterocycles. The van der Waals surface area contributed by atoms with Crippen LogP contribution in [0.1, 0.15) is 107 Å². The molecular formula is C41H64O16S. The SMILES string of the molecule is CC(C)=CCC[C@]1(C)OC(=O)[C@]23[C@@H](O)C=C4C(CCC5C(C)(C)[C@@H](O[C@@H]6OC[C@@H](OS(=O)(=O)O)[C@H](O)[C@H]6O[C@@H]6O[C@H](C)[C@@H](O)[C@H](O)[C@H]6O)CC[C@]45C)[C@]2(C)CC[C@@]31O. The second-order valence-corrected chi connectivity index (χ2v) is 20.8. The first-order valence-corrected chi connectivity index (χ1v) is 22.1. The van der Waals surface area contributed by atoms with Crippen LogP contribution >= 0.6 is 0 Å². The van der Waals surface area contributed by atoms with Crippen LogP contribution in [0.4, 0.5) is 0 Å². The number of ether oxygens (including phenoxy) is 5. The second kappa shape index (κ2) is 14.8. The van der Waals surface area contributed by atoms with Gasteiger partial charge in [-0.25, -0.2) is 4.18 Å². The summed E-state index contributed by atoms with van der Waals surface area (Å²) in [5.41, 5.74) is -3.89. The van der Waals surface area contributed by atoms with Crippen molar-refractivity contribution >= 4 is 16.4 Å². The number of aliphatic hydroxyl groups is 6. The monoisotopic (exact) mass is 844 g/mol. The standard InChI is InChI=1S/C41H64O16S/c1-20(2)10-9-14-39(8)40(48)17-16-38(7)22-11-12-25-36(4,5)27(13-15-37(25,6)23(22)18-26(42)41(38,40)35(47)56-39)54-34-32(29(44)24(19-52-34)57-58(49,50)51)55-33-31(46)30(45)28(43)21(3)53-33/h10,18,21-22,24-34,42-46,48H,9,11-17,19H2,1-8H3,(H,49,50,51)/t21-,22?,24-,25?,26+,27+,28-,29+,30+,31-,32-,33+,34+,37-,38+,39+,40+,41-/m1/s1. The number of hydrogen-bond acceptors (Lipinski definition) is 15. The Morgan fingerprint density at radius 3 is 2.26 bits per heavy atom. The highest BCUT2D eigenvalue weighted by atomic mass is 32.3. The summed E-state index contributed by atoms with van der Waals surface area (Å²) in [5.74, 6) is -0.662. The molecule has 7 N–H and O–H groups in total. The normalized spacial score (nSPS) is 51.1. The maximum absolute atomic E-state index is 14.3. The molecule has 17 heteroatoms. The molecule has 1 spiro atoms. The number of esters is 1. The number of fused-ring (bicyclic) bond motifs is 4. The minimum Gasteiger partial charge on any atom is -0.456 e. The zero-order valence-electron chi connectivity index (χ0n) is 34.7. The van der Waals surface area contributed by atoms with Crippen LogP contribution in [0, 0.1) is 33.5 Å². The van der Waals surface area contributed by atoms with Gasteiger partial charge in [0.15, 0.2) is 12.6 Å². The quantitative estimate of drug-likeness (QED) is 0.0761. The summed E-state index contributed by atoms with van der Waals surface area (Å²) in [7, 11) is -5.04. The highest BCUT2D eigenvalue weighted by Crippen LogP contribution is 2.77. The maximum Gasteiger partial charge on any atom is 0.397 e. The molecule has 3 aliphatic heterocycles. The first-order valence-electron chi connectivity index (χ1n) is 20.7. The van der Waals surface area contributed by atoms with E-state index in [0.29, 0.717) is 44.9 Å². The summed E-state index contributed by atoms with van der Waals surface area (Å²) in [6, 6.07) is 0. The Morgan fingerprint density at radius 2 is 1.60 bits per heavy atom. The Kier molecular flexibility index (Phi) is 11.3. The minimum absolute atomic E-state index is 0.0132. The van der Waals surface area contributed by atoms with Gasteiger partial charge in [-0.15, -0.1) is 0 Å². The molecule has 0 aromatic rings. The van der Waals surface area contributed by atoms with E-state index in [2.05, 4.69) is 38.0 Å². The number of rotatable bonds is 9. The molecule has 330 valence electrons. The van der Waals surface area contributed by atoms with Gasteiger partial charge < -0.3 is 54.3 Å². The molecule has 2 unspecified atom stereocenters. The van der Waals surface area contributed by atoms with E-state index in [9.17, 15) is 48.4 Å². The van der Waals surface area contributed by atoms with Crippen LogP contribution in [-0.4, -0.2) is 135 Å². The topological polar surface area (TPSA) is 248 Å². The van der Waals surface area contributed by atoms with Gasteiger partial charge in [0.05, 0.1) is 24.9 Å². The third-order valence-electron chi connectivity index (χ3n) is 16.1. The molecular weight excluding hydrogens is 781 g/mol. The average Bonchev–Trinajstić information content (AvgIpc) is 3.48. The summed E-state index contributed by atoms with van der Waals surface area (Å²) in [6.45, 7) is 15.2. The zero-order valence-corrected chi connectivity index (χ0v) is 35.6. The van der Waals surface area contributed by atoms with E-state index < -0.39 is 123 Å². The molecule has 0 aromatic carbocycles. The van der Waals surface area contributed by atoms with Crippen molar-refractivity contribution in [2.75, 3.05) is 6.61 Å². The van der Waals surface area contributed by atoms with E-state index in [1.165, 1.54) is 6.92 Å². The van der Waals surface area contributed by atoms with E-state index in [1.54, 1.807) is 0 Å². The van der Waals surface area contributed by atoms with Crippen LogP contribution in [0.25, 0.3) is 0 Å². The molecule has 0 amide bonds. The molecule has 7 rings (SSSR count). The van der Waals surface area contributed by atoms with Gasteiger partial charge in [-0.2, -0.15) is 8.42 Å². The Balaban J connectivity index is 1.16. The molecule has 7 aliphatic rings. The van der Waals surface area contributed by atoms with Crippen LogP contribution in [0.5, 0.6) is 0 Å². The lowest BCUT2D eigenvalue weighted by atomic mass is 9.40. The summed E-state index contributed by atoms with van der Waals surface area (Å²) in [6.07, 6.45) is -7.22. The number of hydrogen-bond donors (Lipinski definition) is 7. The Bertz CT molecular complexity index is 1780. The van der Waals surface area contributed by atoms with Crippen molar-refractivity contribution in [3.63, 3.8) is 0 Å². The molecule has 3 saturated carbocycles. The summed E-state index contributed by atoms with van der Waals surface area (Å²) in [5, 5.41) is 67.8. The Hall–Kier alpha value is -1.58. The van der Waals surface area contributed by atoms with Crippen molar-refractivity contribution in [2.45, 2.75) is 185 Å². The molecule has 4 aliphatic carbocycles. The van der Waals surface area contributed by atoms with E-state index in [4.69, 9.17) is 23.7 Å². The van der Waals surface area contributed by atoms with E-state index in [-0.39, 0.29) is 11.8 Å². The summed E-state index contributed by atoms with van der Waals surface area (Å²) in [4.78, 5) is 14.3. The van der Waals surface area contributed by atoms with E-state index in [1.807, 2.05) is 26.8 Å². The molecule has 18 atom stereocenters. The van der Waals surface area contributed by atoms with Crippen molar-refractivity contribution in [1.29, 1.82) is 0 Å². The lowest BCUT2D eigenvalue weighted by Gasteiger charge is -2.64. The van der Waals surface area contributed by atoms with Gasteiger partial charge in [-0.05, 0) is 107 Å². The van der Waals surface area contributed by atoms with Gasteiger partial charge in [0.2, 0.25) is 0 Å². The van der Waals surface area contributed by atoms with Crippen molar-refractivity contribution in [3.05, 3.63) is 23.3 Å². The average molecular weight is 845 g/mol. The van der Waals surface area contributed by atoms with Crippen molar-refractivity contribution < 1.29 is 76.3 Å². The first-order chi connectivity index (χ1) is 26.8. The predicted molar refractivity (Wildman–Crippen MR) is 204 cm³/mol. The molecule has 6 fully saturated rings. The largest absolute Gasteiger partial charge is 0.456 e. The van der Waals surface area contributed by atoms with E-state index >= 15 is 0 Å². The first kappa shape index (κ1) is 44.5. The van der Waals surface area contributed by atoms with Gasteiger partial charge in [0, 0.05) is 0 Å². The van der Waals surface area contributed by atoms with Gasteiger partial charge in [-0.1, -0.05) is 51.0 Å². The number of carbonyl (C=O) groups is 1. The van der Waals surface area contributed by atoms with Gasteiger partial charge >= 0.3 is 16.4 Å². The van der Waals surface area contributed by atoms with Crippen LogP contribution in [0.2, 0.25) is 0 Å². The summed E-state index contributed by atoms with van der Waals surface area (Å²) >= 11 is 0. The van der Waals surface area contributed by atoms with E-state index in [0.717, 1.165) is 17.6 Å². The van der Waals surface area contributed by atoms with Crippen LogP contribution in [-0.2, 0) is 43.1 Å². The van der Waals surface area contributed by atoms with Crippen LogP contribution < -0.4 is 0 Å². The fourth-order valence-corrected chi connectivity index (χ4v) is 13.4. The van der Waals surface area contributed by atoms with Crippen molar-refractivity contribution in [3.8, 4) is 0 Å². The number of cyclic esters (lactones) is 1.